The van der Waals surface area contributed by atoms with Crippen molar-refractivity contribution < 1.29 is 0 Å². The highest BCUT2D eigenvalue weighted by molar-refractivity contribution is 6.17. The number of halogens is 1. The lowest BCUT2D eigenvalue weighted by molar-refractivity contribution is 0.351. The van der Waals surface area contributed by atoms with Crippen molar-refractivity contribution >= 4 is 33.5 Å². The van der Waals surface area contributed by atoms with Gasteiger partial charge in [0.1, 0.15) is 11.3 Å². The molecular formula is C17H20ClN3. The number of rotatable bonds is 3. The molecule has 3 nitrogen and oxygen atoms in total. The molecule has 3 rings (SSSR count). The van der Waals surface area contributed by atoms with E-state index in [0.717, 1.165) is 40.7 Å². The van der Waals surface area contributed by atoms with E-state index in [-0.39, 0.29) is 5.41 Å². The third-order valence-electron chi connectivity index (χ3n) is 3.76. The van der Waals surface area contributed by atoms with Crippen molar-refractivity contribution in [2.24, 2.45) is 5.41 Å². The van der Waals surface area contributed by atoms with Gasteiger partial charge in [0.2, 0.25) is 0 Å². The predicted octanol–water partition coefficient (Wildman–Crippen LogP) is 4.76. The Kier molecular flexibility index (Phi) is 3.62. The van der Waals surface area contributed by atoms with Crippen molar-refractivity contribution in [3.8, 4) is 0 Å². The van der Waals surface area contributed by atoms with Gasteiger partial charge in [-0.25, -0.2) is 4.98 Å². The van der Waals surface area contributed by atoms with Gasteiger partial charge < -0.3 is 4.57 Å². The van der Waals surface area contributed by atoms with E-state index in [4.69, 9.17) is 11.6 Å². The number of benzene rings is 1. The summed E-state index contributed by atoms with van der Waals surface area (Å²) in [6.07, 6.45) is 2.93. The lowest BCUT2D eigenvalue weighted by atomic mass is 9.92. The van der Waals surface area contributed by atoms with Crippen LogP contribution in [0.1, 0.15) is 33.0 Å². The monoisotopic (exact) mass is 301 g/mol. The number of para-hydroxylation sites is 1. The average molecular weight is 302 g/mol. The summed E-state index contributed by atoms with van der Waals surface area (Å²) >= 11 is 6.10. The summed E-state index contributed by atoms with van der Waals surface area (Å²) in [6.45, 7) is 7.69. The summed E-state index contributed by atoms with van der Waals surface area (Å²) in [5.41, 5.74) is 3.37. The smallest absolute Gasteiger partial charge is 0.124 e. The Morgan fingerprint density at radius 1 is 1.14 bits per heavy atom. The van der Waals surface area contributed by atoms with Gasteiger partial charge in [0.05, 0.1) is 23.1 Å². The van der Waals surface area contributed by atoms with E-state index >= 15 is 0 Å². The van der Waals surface area contributed by atoms with E-state index < -0.39 is 0 Å². The van der Waals surface area contributed by atoms with E-state index in [1.807, 2.05) is 24.4 Å². The average Bonchev–Trinajstić information content (AvgIpc) is 2.82. The van der Waals surface area contributed by atoms with E-state index in [9.17, 15) is 0 Å². The fourth-order valence-electron chi connectivity index (χ4n) is 2.60. The highest BCUT2D eigenvalue weighted by atomic mass is 35.5. The summed E-state index contributed by atoms with van der Waals surface area (Å²) < 4.78 is 2.26. The minimum Gasteiger partial charge on any atom is -0.326 e. The van der Waals surface area contributed by atoms with E-state index in [0.29, 0.717) is 5.88 Å². The molecule has 0 N–H and O–H groups in total. The zero-order chi connectivity index (χ0) is 15.0. The molecule has 0 saturated heterocycles. The molecule has 0 aliphatic carbocycles. The maximum Gasteiger partial charge on any atom is 0.124 e. The van der Waals surface area contributed by atoms with Crippen LogP contribution < -0.4 is 0 Å². The van der Waals surface area contributed by atoms with Gasteiger partial charge in [-0.1, -0.05) is 39.0 Å². The molecule has 4 heteroatoms. The fraction of sp³-hybridized carbons (Fsp3) is 0.412. The zero-order valence-electron chi connectivity index (χ0n) is 12.7. The molecule has 0 amide bonds. The summed E-state index contributed by atoms with van der Waals surface area (Å²) in [4.78, 5) is 9.14. The molecule has 0 bridgehead atoms. The van der Waals surface area contributed by atoms with Crippen LogP contribution in [-0.4, -0.2) is 14.5 Å². The Morgan fingerprint density at radius 2 is 1.90 bits per heavy atom. The van der Waals surface area contributed by atoms with Crippen LogP contribution >= 0.6 is 11.6 Å². The summed E-state index contributed by atoms with van der Waals surface area (Å²) in [7, 11) is 0. The third-order valence-corrected chi connectivity index (χ3v) is 4.00. The fourth-order valence-corrected chi connectivity index (χ4v) is 2.80. The number of aryl methyl sites for hydroxylation is 1. The molecule has 0 radical (unpaired) electrons. The molecule has 0 saturated carbocycles. The van der Waals surface area contributed by atoms with Gasteiger partial charge in [-0.3, -0.25) is 4.98 Å². The largest absolute Gasteiger partial charge is 0.326 e. The Morgan fingerprint density at radius 3 is 2.62 bits per heavy atom. The van der Waals surface area contributed by atoms with Crippen LogP contribution in [0.2, 0.25) is 0 Å². The molecule has 0 aliphatic rings. The highest BCUT2D eigenvalue weighted by Crippen LogP contribution is 2.27. The number of fused-ring (bicyclic) bond motifs is 3. The normalized spacial score (nSPS) is 12.4. The molecule has 0 unspecified atom stereocenters. The molecule has 0 atom stereocenters. The second-order valence-corrected chi connectivity index (χ2v) is 6.90. The van der Waals surface area contributed by atoms with Crippen molar-refractivity contribution in [1.29, 1.82) is 0 Å². The molecule has 0 fully saturated rings. The van der Waals surface area contributed by atoms with Crippen molar-refractivity contribution in [2.75, 3.05) is 0 Å². The number of nitrogens with zero attached hydrogens (tertiary/aromatic N) is 3. The number of hydrogen-bond donors (Lipinski definition) is 0. The number of hydrogen-bond acceptors (Lipinski definition) is 2. The predicted molar refractivity (Wildman–Crippen MR) is 88.7 cm³/mol. The van der Waals surface area contributed by atoms with Crippen LogP contribution in [0.15, 0.2) is 30.5 Å². The highest BCUT2D eigenvalue weighted by Gasteiger charge is 2.16. The van der Waals surface area contributed by atoms with Gasteiger partial charge in [0, 0.05) is 11.9 Å². The molecule has 0 spiro atoms. The van der Waals surface area contributed by atoms with Gasteiger partial charge in [0.15, 0.2) is 0 Å². The first-order valence-corrected chi connectivity index (χ1v) is 7.82. The van der Waals surface area contributed by atoms with E-state index in [1.165, 1.54) is 0 Å². The standard InChI is InChI=1S/C17H20ClN3/c1-17(2,3)8-9-21-15(10-18)20-14-11-19-13-7-5-4-6-12(13)16(14)21/h4-7,11H,8-10H2,1-3H3. The van der Waals surface area contributed by atoms with Crippen LogP contribution in [0.4, 0.5) is 0 Å². The molecule has 0 aliphatic heterocycles. The number of pyridine rings is 1. The van der Waals surface area contributed by atoms with Crippen molar-refractivity contribution in [1.82, 2.24) is 14.5 Å². The van der Waals surface area contributed by atoms with Gasteiger partial charge in [-0.05, 0) is 17.9 Å². The minimum atomic E-state index is 0.281. The van der Waals surface area contributed by atoms with E-state index in [1.54, 1.807) is 0 Å². The third kappa shape index (κ3) is 2.75. The molecule has 2 heterocycles. The molecule has 110 valence electrons. The first-order chi connectivity index (χ1) is 9.99. The molecule has 1 aromatic carbocycles. The Balaban J connectivity index is 2.21. The number of imidazole rings is 1. The van der Waals surface area contributed by atoms with Gasteiger partial charge in [0.25, 0.3) is 0 Å². The van der Waals surface area contributed by atoms with Crippen molar-refractivity contribution in [2.45, 2.75) is 39.6 Å². The van der Waals surface area contributed by atoms with Crippen LogP contribution in [0.25, 0.3) is 21.9 Å². The molecular weight excluding hydrogens is 282 g/mol. The summed E-state index contributed by atoms with van der Waals surface area (Å²) in [5, 5.41) is 1.15. The SMILES string of the molecule is CC(C)(C)CCn1c(CCl)nc2cnc3ccccc3c21. The number of aromatic nitrogens is 3. The topological polar surface area (TPSA) is 30.7 Å². The quantitative estimate of drug-likeness (QED) is 0.653. The minimum absolute atomic E-state index is 0.281. The second kappa shape index (κ2) is 5.30. The van der Waals surface area contributed by atoms with Crippen LogP contribution in [0.5, 0.6) is 0 Å². The van der Waals surface area contributed by atoms with Gasteiger partial charge in [-0.15, -0.1) is 11.6 Å². The van der Waals surface area contributed by atoms with Crippen molar-refractivity contribution in [3.63, 3.8) is 0 Å². The Labute approximate surface area is 130 Å². The maximum absolute atomic E-state index is 6.10. The molecule has 2 aromatic heterocycles. The van der Waals surface area contributed by atoms with Gasteiger partial charge >= 0.3 is 0 Å². The van der Waals surface area contributed by atoms with Crippen molar-refractivity contribution in [3.05, 3.63) is 36.3 Å². The Bertz CT molecular complexity index is 784. The summed E-state index contributed by atoms with van der Waals surface area (Å²) in [5.74, 6) is 1.35. The van der Waals surface area contributed by atoms with Crippen LogP contribution in [-0.2, 0) is 12.4 Å². The lowest BCUT2D eigenvalue weighted by Crippen LogP contribution is -2.12. The first kappa shape index (κ1) is 14.3. The number of alkyl halides is 1. The summed E-state index contributed by atoms with van der Waals surface area (Å²) in [6, 6.07) is 8.21. The second-order valence-electron chi connectivity index (χ2n) is 6.63. The van der Waals surface area contributed by atoms with Crippen LogP contribution in [0, 0.1) is 5.41 Å². The molecule has 21 heavy (non-hydrogen) atoms. The Hall–Kier alpha value is -1.61. The maximum atomic E-state index is 6.10. The lowest BCUT2D eigenvalue weighted by Gasteiger charge is -2.19. The zero-order valence-corrected chi connectivity index (χ0v) is 13.5. The van der Waals surface area contributed by atoms with E-state index in [2.05, 4.69) is 41.4 Å². The first-order valence-electron chi connectivity index (χ1n) is 7.28. The van der Waals surface area contributed by atoms with Gasteiger partial charge in [-0.2, -0.15) is 0 Å². The van der Waals surface area contributed by atoms with Crippen LogP contribution in [0.3, 0.4) is 0 Å². The molecule has 3 aromatic rings.